The molecule has 2 radical (unpaired) electrons. The van der Waals surface area contributed by atoms with Crippen molar-refractivity contribution in [1.29, 1.82) is 0 Å². The molecule has 4 heteroatoms. The van der Waals surface area contributed by atoms with Crippen LogP contribution in [0.3, 0.4) is 0 Å². The predicted octanol–water partition coefficient (Wildman–Crippen LogP) is 11.3. The Hall–Kier alpha value is -1.44. The SMILES string of the molecule is Cc1cc2c(-c3ccccc3)ccc(C)c2[cH-]1.Cc1ccc(C(C)C)c2cc(C(C)C)[cH-]c12.Cl.Cl.[CH3-].[CH3-].[Si]=[Zr]. The fraction of sp³-hybridized carbons (Fsp3) is 0.257. The zero-order valence-electron chi connectivity index (χ0n) is 25.0. The molecule has 0 aliphatic carbocycles. The van der Waals surface area contributed by atoms with Crippen molar-refractivity contribution >= 4 is 53.2 Å². The molecular weight excluding hydrogens is 611 g/mol. The number of rotatable bonds is 3. The Morgan fingerprint density at radius 3 is 1.72 bits per heavy atom. The van der Waals surface area contributed by atoms with Gasteiger partial charge in [0.05, 0.1) is 0 Å². The molecule has 0 atom stereocenters. The van der Waals surface area contributed by atoms with E-state index >= 15 is 0 Å². The van der Waals surface area contributed by atoms with E-state index in [1.807, 2.05) is 0 Å². The Bertz CT molecular complexity index is 1410. The van der Waals surface area contributed by atoms with E-state index in [0.717, 1.165) is 0 Å². The summed E-state index contributed by atoms with van der Waals surface area (Å²) in [6.45, 7) is 18.7. The van der Waals surface area contributed by atoms with Crippen molar-refractivity contribution < 1.29 is 23.3 Å². The number of aryl methyl sites for hydroxylation is 3. The summed E-state index contributed by atoms with van der Waals surface area (Å²) < 4.78 is 0. The van der Waals surface area contributed by atoms with Crippen molar-refractivity contribution in [3.05, 3.63) is 122 Å². The zero-order chi connectivity index (χ0) is 25.7. The van der Waals surface area contributed by atoms with Gasteiger partial charge in [-0.25, -0.2) is 0 Å². The van der Waals surface area contributed by atoms with E-state index in [1.54, 1.807) is 0 Å². The molecule has 0 aromatic heterocycles. The fourth-order valence-electron chi connectivity index (χ4n) is 4.79. The molecule has 0 nitrogen and oxygen atoms in total. The number of fused-ring (bicyclic) bond motifs is 2. The Morgan fingerprint density at radius 1 is 0.641 bits per heavy atom. The monoisotopic (exact) mass is 652 g/mol. The molecule has 0 unspecified atom stereocenters. The minimum absolute atomic E-state index is 0. The van der Waals surface area contributed by atoms with Crippen LogP contribution in [0.2, 0.25) is 0 Å². The summed E-state index contributed by atoms with van der Waals surface area (Å²) in [6.07, 6.45) is 0. The molecule has 5 aromatic rings. The van der Waals surface area contributed by atoms with Gasteiger partial charge in [-0.15, -0.1) is 92.9 Å². The summed E-state index contributed by atoms with van der Waals surface area (Å²) in [6, 6.07) is 28.9. The summed E-state index contributed by atoms with van der Waals surface area (Å²) in [5.74, 6) is 1.22. The molecule has 0 aliphatic rings. The van der Waals surface area contributed by atoms with Gasteiger partial charge in [-0.1, -0.05) is 102 Å². The van der Waals surface area contributed by atoms with Crippen molar-refractivity contribution in [2.45, 2.75) is 60.3 Å². The molecule has 0 amide bonds. The van der Waals surface area contributed by atoms with Gasteiger partial charge in [-0.05, 0) is 17.4 Å². The van der Waals surface area contributed by atoms with Crippen LogP contribution >= 0.6 is 24.8 Å². The van der Waals surface area contributed by atoms with Gasteiger partial charge in [0.1, 0.15) is 0 Å². The van der Waals surface area contributed by atoms with E-state index in [1.165, 1.54) is 83.8 Å². The van der Waals surface area contributed by atoms with Crippen molar-refractivity contribution in [2.24, 2.45) is 0 Å². The third-order valence-corrected chi connectivity index (χ3v) is 6.78. The molecule has 0 saturated heterocycles. The maximum absolute atomic E-state index is 3.06. The average molecular weight is 655 g/mol. The van der Waals surface area contributed by atoms with Crippen LogP contribution in [-0.4, -0.2) is 6.88 Å². The molecular formula is C35H44Cl2SiZr-4. The standard InChI is InChI=1S/C17H15.C16H21.2CH3.2ClH.Si.Zr/c1-12-10-16-13(2)8-9-15(17(16)11-12)14-6-4-3-5-7-14;1-10(2)13-8-15-12(5)6-7-14(11(3)4)16(15)9-13;;;;;;/h3-11H,1-2H3;6-11H,1-5H3;2*1H3;2*1H;;/q4*-1;;;;. The molecule has 0 spiro atoms. The van der Waals surface area contributed by atoms with E-state index in [0.29, 0.717) is 11.8 Å². The van der Waals surface area contributed by atoms with Gasteiger partial charge in [0.2, 0.25) is 0 Å². The summed E-state index contributed by atoms with van der Waals surface area (Å²) >= 11 is 1.36. The van der Waals surface area contributed by atoms with E-state index in [2.05, 4.69) is 134 Å². The van der Waals surface area contributed by atoms with Crippen molar-refractivity contribution in [2.75, 3.05) is 0 Å². The second kappa shape index (κ2) is 18.1. The van der Waals surface area contributed by atoms with E-state index < -0.39 is 0 Å². The van der Waals surface area contributed by atoms with Crippen LogP contribution < -0.4 is 0 Å². The Kier molecular flexibility index (Phi) is 18.4. The van der Waals surface area contributed by atoms with Crippen LogP contribution in [0, 0.1) is 35.6 Å². The van der Waals surface area contributed by atoms with E-state index in [-0.39, 0.29) is 39.7 Å². The van der Waals surface area contributed by atoms with E-state index in [9.17, 15) is 0 Å². The fourth-order valence-corrected chi connectivity index (χ4v) is 4.79. The van der Waals surface area contributed by atoms with Gasteiger partial charge in [0, 0.05) is 0 Å². The van der Waals surface area contributed by atoms with Crippen LogP contribution in [0.1, 0.15) is 67.3 Å². The van der Waals surface area contributed by atoms with Crippen LogP contribution in [0.4, 0.5) is 0 Å². The second-order valence-electron chi connectivity index (χ2n) is 10.1. The van der Waals surface area contributed by atoms with Gasteiger partial charge in [-0.2, -0.15) is 12.1 Å². The molecule has 5 rings (SSSR count). The van der Waals surface area contributed by atoms with Crippen molar-refractivity contribution in [3.8, 4) is 11.1 Å². The first-order valence-electron chi connectivity index (χ1n) is 12.4. The molecule has 0 bridgehead atoms. The molecule has 5 aromatic carbocycles. The predicted molar refractivity (Wildman–Crippen MR) is 180 cm³/mol. The van der Waals surface area contributed by atoms with Crippen LogP contribution in [0.25, 0.3) is 32.7 Å². The molecule has 210 valence electrons. The Labute approximate surface area is 267 Å². The normalized spacial score (nSPS) is 9.74. The minimum atomic E-state index is 0. The van der Waals surface area contributed by atoms with Crippen LogP contribution in [0.5, 0.6) is 0 Å². The quantitative estimate of drug-likeness (QED) is 0.134. The number of benzene rings is 3. The summed E-state index contributed by atoms with van der Waals surface area (Å²) in [4.78, 5) is 0. The molecule has 0 fully saturated rings. The van der Waals surface area contributed by atoms with Crippen molar-refractivity contribution in [1.82, 2.24) is 0 Å². The first kappa shape index (κ1) is 39.7. The van der Waals surface area contributed by atoms with Gasteiger partial charge >= 0.3 is 30.2 Å². The van der Waals surface area contributed by atoms with E-state index in [4.69, 9.17) is 0 Å². The van der Waals surface area contributed by atoms with Crippen LogP contribution in [0.15, 0.2) is 78.9 Å². The zero-order valence-corrected chi connectivity index (χ0v) is 30.1. The molecule has 0 N–H and O–H groups in total. The van der Waals surface area contributed by atoms with Gasteiger partial charge < -0.3 is 14.9 Å². The number of hydrogen-bond acceptors (Lipinski definition) is 0. The topological polar surface area (TPSA) is 0 Å². The average Bonchev–Trinajstić information content (AvgIpc) is 3.47. The molecule has 39 heavy (non-hydrogen) atoms. The van der Waals surface area contributed by atoms with Crippen LogP contribution in [-0.2, 0) is 23.3 Å². The van der Waals surface area contributed by atoms with Crippen molar-refractivity contribution in [3.63, 3.8) is 0 Å². The Balaban J connectivity index is 0. The summed E-state index contributed by atoms with van der Waals surface area (Å²) in [5, 5.41) is 5.64. The molecule has 0 saturated carbocycles. The number of halogens is 2. The first-order valence-corrected chi connectivity index (χ1v) is 16.6. The molecule has 0 aliphatic heterocycles. The van der Waals surface area contributed by atoms with Gasteiger partial charge in [0.15, 0.2) is 0 Å². The molecule has 0 heterocycles. The maximum atomic E-state index is 3.06. The third-order valence-electron chi connectivity index (χ3n) is 6.78. The Morgan fingerprint density at radius 2 is 1.18 bits per heavy atom. The number of hydrogen-bond donors (Lipinski definition) is 0. The van der Waals surface area contributed by atoms with Gasteiger partial charge in [0.25, 0.3) is 0 Å². The van der Waals surface area contributed by atoms with Gasteiger partial charge in [-0.3, -0.25) is 0 Å². The summed E-state index contributed by atoms with van der Waals surface area (Å²) in [7, 11) is 0. The first-order chi connectivity index (χ1) is 16.8. The second-order valence-corrected chi connectivity index (χ2v) is 10.1. The third kappa shape index (κ3) is 9.29. The summed E-state index contributed by atoms with van der Waals surface area (Å²) in [5.41, 5.74) is 9.66.